The summed E-state index contributed by atoms with van der Waals surface area (Å²) in [6.07, 6.45) is 9.51. The van der Waals surface area contributed by atoms with Crippen molar-refractivity contribution in [2.45, 2.75) is 65.2 Å². The second-order valence-electron chi connectivity index (χ2n) is 7.55. The maximum atomic E-state index is 12.3. The molecule has 0 bridgehead atoms. The molecule has 22 heavy (non-hydrogen) atoms. The van der Waals surface area contributed by atoms with E-state index in [0.29, 0.717) is 24.8 Å². The molecule has 2 rings (SSSR count). The maximum Gasteiger partial charge on any atom is 0.225 e. The van der Waals surface area contributed by atoms with E-state index < -0.39 is 0 Å². The number of hydrogen-bond acceptors (Lipinski definition) is 2. The fourth-order valence-electron chi connectivity index (χ4n) is 3.70. The van der Waals surface area contributed by atoms with E-state index in [1.54, 1.807) is 0 Å². The van der Waals surface area contributed by atoms with Gasteiger partial charge in [0.2, 0.25) is 11.8 Å². The molecule has 1 atom stereocenters. The Balaban J connectivity index is 1.74. The fraction of sp³-hybridized carbons (Fsp3) is 0.889. The Morgan fingerprint density at radius 2 is 1.82 bits per heavy atom. The Hall–Kier alpha value is -1.06. The van der Waals surface area contributed by atoms with Crippen LogP contribution in [0.25, 0.3) is 0 Å². The van der Waals surface area contributed by atoms with Crippen LogP contribution in [0.15, 0.2) is 0 Å². The van der Waals surface area contributed by atoms with E-state index in [9.17, 15) is 9.59 Å². The molecule has 1 saturated heterocycles. The molecule has 2 amide bonds. The zero-order chi connectivity index (χ0) is 15.9. The molecule has 0 aromatic rings. The first-order valence-corrected chi connectivity index (χ1v) is 9.11. The first-order valence-electron chi connectivity index (χ1n) is 9.11. The number of carbonyl (C=O) groups is 2. The van der Waals surface area contributed by atoms with Crippen LogP contribution in [0.1, 0.15) is 65.2 Å². The van der Waals surface area contributed by atoms with Gasteiger partial charge in [0.15, 0.2) is 0 Å². The molecule has 2 aliphatic rings. The molecule has 1 aliphatic heterocycles. The van der Waals surface area contributed by atoms with Crippen LogP contribution in [0.3, 0.4) is 0 Å². The lowest BCUT2D eigenvalue weighted by Crippen LogP contribution is -2.36. The summed E-state index contributed by atoms with van der Waals surface area (Å²) in [7, 11) is 0. The molecule has 4 nitrogen and oxygen atoms in total. The van der Waals surface area contributed by atoms with Gasteiger partial charge in [-0.2, -0.15) is 0 Å². The molecule has 1 aliphatic carbocycles. The molecule has 0 aromatic heterocycles. The molecule has 126 valence electrons. The van der Waals surface area contributed by atoms with Gasteiger partial charge in [0.1, 0.15) is 0 Å². The largest absolute Gasteiger partial charge is 0.356 e. The van der Waals surface area contributed by atoms with Gasteiger partial charge in [0.25, 0.3) is 0 Å². The van der Waals surface area contributed by atoms with Gasteiger partial charge in [-0.25, -0.2) is 0 Å². The number of hydrogen-bond donors (Lipinski definition) is 1. The molecule has 1 saturated carbocycles. The van der Waals surface area contributed by atoms with Gasteiger partial charge in [0, 0.05) is 26.1 Å². The Morgan fingerprint density at radius 1 is 1.18 bits per heavy atom. The van der Waals surface area contributed by atoms with E-state index >= 15 is 0 Å². The molecule has 2 fully saturated rings. The van der Waals surface area contributed by atoms with Gasteiger partial charge < -0.3 is 10.2 Å². The van der Waals surface area contributed by atoms with Gasteiger partial charge in [-0.15, -0.1) is 0 Å². The topological polar surface area (TPSA) is 49.4 Å². The average Bonchev–Trinajstić information content (AvgIpc) is 2.78. The molecule has 0 spiro atoms. The zero-order valence-corrected chi connectivity index (χ0v) is 14.3. The smallest absolute Gasteiger partial charge is 0.225 e. The van der Waals surface area contributed by atoms with Crippen molar-refractivity contribution in [1.29, 1.82) is 0 Å². The van der Waals surface area contributed by atoms with Crippen molar-refractivity contribution in [3.63, 3.8) is 0 Å². The van der Waals surface area contributed by atoms with Gasteiger partial charge >= 0.3 is 0 Å². The predicted octanol–water partition coefficient (Wildman–Crippen LogP) is 2.97. The Morgan fingerprint density at radius 3 is 2.45 bits per heavy atom. The van der Waals surface area contributed by atoms with Crippen molar-refractivity contribution >= 4 is 11.8 Å². The summed E-state index contributed by atoms with van der Waals surface area (Å²) in [5.74, 6) is 1.18. The highest BCUT2D eigenvalue weighted by molar-refractivity contribution is 5.89. The number of amides is 2. The number of likely N-dealkylation sites (tertiary alicyclic amines) is 1. The standard InChI is InChI=1S/C18H32N2O2/c1-14(2)12-20-13-16(10-17(20)21)18(22)19-11-15-8-6-4-3-5-7-9-15/h14-16H,3-13H2,1-2H3,(H,19,22)/t16-/m0/s1. The van der Waals surface area contributed by atoms with Gasteiger partial charge in [-0.05, 0) is 24.7 Å². The van der Waals surface area contributed by atoms with Crippen LogP contribution in [-0.2, 0) is 9.59 Å². The van der Waals surface area contributed by atoms with Crippen LogP contribution in [-0.4, -0.2) is 36.3 Å². The van der Waals surface area contributed by atoms with Crippen molar-refractivity contribution in [2.24, 2.45) is 17.8 Å². The predicted molar refractivity (Wildman–Crippen MR) is 88.3 cm³/mol. The van der Waals surface area contributed by atoms with E-state index in [1.807, 2.05) is 4.90 Å². The van der Waals surface area contributed by atoms with E-state index in [4.69, 9.17) is 0 Å². The molecular formula is C18H32N2O2. The van der Waals surface area contributed by atoms with Crippen molar-refractivity contribution < 1.29 is 9.59 Å². The highest BCUT2D eigenvalue weighted by Gasteiger charge is 2.34. The van der Waals surface area contributed by atoms with Crippen molar-refractivity contribution in [3.8, 4) is 0 Å². The van der Waals surface area contributed by atoms with E-state index in [2.05, 4.69) is 19.2 Å². The highest BCUT2D eigenvalue weighted by atomic mass is 16.2. The number of rotatable bonds is 5. The highest BCUT2D eigenvalue weighted by Crippen LogP contribution is 2.23. The van der Waals surface area contributed by atoms with Crippen LogP contribution in [0, 0.1) is 17.8 Å². The van der Waals surface area contributed by atoms with Crippen molar-refractivity contribution in [3.05, 3.63) is 0 Å². The minimum atomic E-state index is -0.139. The van der Waals surface area contributed by atoms with E-state index in [1.165, 1.54) is 44.9 Å². The fourth-order valence-corrected chi connectivity index (χ4v) is 3.70. The monoisotopic (exact) mass is 308 g/mol. The van der Waals surface area contributed by atoms with E-state index in [0.717, 1.165) is 13.1 Å². The third kappa shape index (κ3) is 5.29. The summed E-state index contributed by atoms with van der Waals surface area (Å²) < 4.78 is 0. The Bertz CT molecular complexity index is 373. The quantitative estimate of drug-likeness (QED) is 0.849. The van der Waals surface area contributed by atoms with Crippen molar-refractivity contribution in [1.82, 2.24) is 10.2 Å². The lowest BCUT2D eigenvalue weighted by atomic mass is 9.91. The Labute approximate surface area is 135 Å². The summed E-state index contributed by atoms with van der Waals surface area (Å²) in [5, 5.41) is 3.12. The third-order valence-corrected chi connectivity index (χ3v) is 4.96. The summed E-state index contributed by atoms with van der Waals surface area (Å²) >= 11 is 0. The van der Waals surface area contributed by atoms with Crippen LogP contribution in [0.4, 0.5) is 0 Å². The molecule has 0 aromatic carbocycles. The van der Waals surface area contributed by atoms with Crippen LogP contribution in [0.2, 0.25) is 0 Å². The van der Waals surface area contributed by atoms with Crippen molar-refractivity contribution in [2.75, 3.05) is 19.6 Å². The van der Waals surface area contributed by atoms with E-state index in [-0.39, 0.29) is 17.7 Å². The summed E-state index contributed by atoms with van der Waals surface area (Å²) in [6.45, 7) is 6.39. The second-order valence-corrected chi connectivity index (χ2v) is 7.55. The third-order valence-electron chi connectivity index (χ3n) is 4.96. The number of carbonyl (C=O) groups excluding carboxylic acids is 2. The van der Waals surface area contributed by atoms with Crippen LogP contribution < -0.4 is 5.32 Å². The number of nitrogens with zero attached hydrogens (tertiary/aromatic N) is 1. The Kier molecular flexibility index (Phi) is 6.71. The second kappa shape index (κ2) is 8.54. The zero-order valence-electron chi connectivity index (χ0n) is 14.3. The molecule has 4 heteroatoms. The molecule has 1 heterocycles. The number of nitrogens with one attached hydrogen (secondary N) is 1. The minimum Gasteiger partial charge on any atom is -0.356 e. The normalized spacial score (nSPS) is 24.4. The lowest BCUT2D eigenvalue weighted by molar-refractivity contribution is -0.129. The summed E-state index contributed by atoms with van der Waals surface area (Å²) in [6, 6.07) is 0. The first kappa shape index (κ1) is 17.3. The van der Waals surface area contributed by atoms with Gasteiger partial charge in [0.05, 0.1) is 5.92 Å². The molecular weight excluding hydrogens is 276 g/mol. The SMILES string of the molecule is CC(C)CN1C[C@@H](C(=O)NCC2CCCCCCC2)CC1=O. The lowest BCUT2D eigenvalue weighted by Gasteiger charge is -2.21. The van der Waals surface area contributed by atoms with Crippen LogP contribution >= 0.6 is 0 Å². The summed E-state index contributed by atoms with van der Waals surface area (Å²) in [4.78, 5) is 26.1. The maximum absolute atomic E-state index is 12.3. The summed E-state index contributed by atoms with van der Waals surface area (Å²) in [5.41, 5.74) is 0. The molecule has 0 radical (unpaired) electrons. The van der Waals surface area contributed by atoms with Crippen LogP contribution in [0.5, 0.6) is 0 Å². The minimum absolute atomic E-state index is 0.0849. The van der Waals surface area contributed by atoms with Gasteiger partial charge in [-0.1, -0.05) is 46.0 Å². The average molecular weight is 308 g/mol. The molecule has 0 unspecified atom stereocenters. The van der Waals surface area contributed by atoms with Gasteiger partial charge in [-0.3, -0.25) is 9.59 Å². The molecule has 1 N–H and O–H groups in total. The first-order chi connectivity index (χ1) is 10.6.